The summed E-state index contributed by atoms with van der Waals surface area (Å²) >= 11 is 0. The maximum Gasteiger partial charge on any atom is 0.0949 e. The number of ether oxygens (including phenoxy) is 1. The first kappa shape index (κ1) is 12.5. The molecule has 0 heterocycles. The minimum absolute atomic E-state index is 0.367. The van der Waals surface area contributed by atoms with E-state index in [0.717, 1.165) is 31.6 Å². The van der Waals surface area contributed by atoms with E-state index >= 15 is 0 Å². The van der Waals surface area contributed by atoms with Crippen LogP contribution in [-0.2, 0) is 4.74 Å². The molecule has 2 nitrogen and oxygen atoms in total. The van der Waals surface area contributed by atoms with E-state index in [1.165, 1.54) is 0 Å². The second-order valence-electron chi connectivity index (χ2n) is 4.60. The van der Waals surface area contributed by atoms with Gasteiger partial charge in [0.2, 0.25) is 0 Å². The molecule has 1 fully saturated rings. The Bertz CT molecular complexity index is 221. The summed E-state index contributed by atoms with van der Waals surface area (Å²) in [6, 6.07) is 0. The fourth-order valence-corrected chi connectivity index (χ4v) is 2.41. The van der Waals surface area contributed by atoms with Gasteiger partial charge in [-0.25, -0.2) is 0 Å². The molecule has 0 spiro atoms. The minimum Gasteiger partial charge on any atom is -0.389 e. The van der Waals surface area contributed by atoms with Gasteiger partial charge >= 0.3 is 0 Å². The fourth-order valence-electron chi connectivity index (χ4n) is 2.41. The third-order valence-corrected chi connectivity index (χ3v) is 3.47. The summed E-state index contributed by atoms with van der Waals surface area (Å²) < 4.78 is 5.79. The van der Waals surface area contributed by atoms with Crippen molar-refractivity contribution in [2.75, 3.05) is 6.61 Å². The van der Waals surface area contributed by atoms with Crippen molar-refractivity contribution in [1.82, 2.24) is 0 Å². The molecule has 1 unspecified atom stereocenters. The Morgan fingerprint density at radius 1 is 1.53 bits per heavy atom. The average molecular weight is 210 g/mol. The Kier molecular flexibility index (Phi) is 4.63. The molecule has 15 heavy (non-hydrogen) atoms. The molecule has 1 saturated carbocycles. The molecule has 0 amide bonds. The quantitative estimate of drug-likeness (QED) is 0.722. The van der Waals surface area contributed by atoms with E-state index in [2.05, 4.69) is 12.8 Å². The van der Waals surface area contributed by atoms with Gasteiger partial charge in [-0.3, -0.25) is 0 Å². The molecule has 0 aromatic rings. The fraction of sp³-hybridized carbons (Fsp3) is 0.846. The van der Waals surface area contributed by atoms with Gasteiger partial charge in [0.15, 0.2) is 0 Å². The van der Waals surface area contributed by atoms with Crippen LogP contribution in [0.15, 0.2) is 0 Å². The summed E-state index contributed by atoms with van der Waals surface area (Å²) in [5, 5.41) is 10.1. The number of hydrogen-bond acceptors (Lipinski definition) is 2. The van der Waals surface area contributed by atoms with Crippen molar-refractivity contribution in [1.29, 1.82) is 0 Å². The lowest BCUT2D eigenvalue weighted by atomic mass is 9.75. The summed E-state index contributed by atoms with van der Waals surface area (Å²) in [5.41, 5.74) is -0.367. The molecular formula is C13H22O2. The van der Waals surface area contributed by atoms with Crippen molar-refractivity contribution in [3.63, 3.8) is 0 Å². The Morgan fingerprint density at radius 2 is 2.13 bits per heavy atom. The van der Waals surface area contributed by atoms with Gasteiger partial charge < -0.3 is 9.84 Å². The van der Waals surface area contributed by atoms with Crippen LogP contribution in [0.2, 0.25) is 0 Å². The number of aliphatic hydroxyl groups is 1. The van der Waals surface area contributed by atoms with E-state index in [9.17, 15) is 5.11 Å². The highest BCUT2D eigenvalue weighted by atomic mass is 16.5. The van der Waals surface area contributed by atoms with Crippen LogP contribution < -0.4 is 0 Å². The van der Waals surface area contributed by atoms with Crippen LogP contribution in [-0.4, -0.2) is 23.4 Å². The van der Waals surface area contributed by atoms with Gasteiger partial charge in [-0.1, -0.05) is 6.92 Å². The minimum atomic E-state index is -0.505. The van der Waals surface area contributed by atoms with E-state index in [-0.39, 0.29) is 5.60 Å². The highest BCUT2D eigenvalue weighted by Crippen LogP contribution is 2.38. The standard InChI is InChI=1S/C13H22O2/c1-4-6-12(14)13(15-5-2)9-7-11(3)8-10-13/h1,11-12,14H,5-10H2,2-3H3. The van der Waals surface area contributed by atoms with Gasteiger partial charge in [0.25, 0.3) is 0 Å². The Labute approximate surface area is 93.0 Å². The van der Waals surface area contributed by atoms with Crippen molar-refractivity contribution < 1.29 is 9.84 Å². The molecule has 0 radical (unpaired) electrons. The van der Waals surface area contributed by atoms with Crippen molar-refractivity contribution in [3.05, 3.63) is 0 Å². The number of hydrogen-bond donors (Lipinski definition) is 1. The van der Waals surface area contributed by atoms with Gasteiger partial charge in [-0.2, -0.15) is 0 Å². The second kappa shape index (κ2) is 5.53. The van der Waals surface area contributed by atoms with Crippen LogP contribution in [0.3, 0.4) is 0 Å². The maximum atomic E-state index is 10.1. The normalized spacial score (nSPS) is 33.3. The number of terminal acetylenes is 1. The first-order valence-corrected chi connectivity index (χ1v) is 5.90. The third-order valence-electron chi connectivity index (χ3n) is 3.47. The summed E-state index contributed by atoms with van der Waals surface area (Å²) in [7, 11) is 0. The zero-order valence-electron chi connectivity index (χ0n) is 9.83. The molecule has 0 aliphatic heterocycles. The highest BCUT2D eigenvalue weighted by molar-refractivity contribution is 4.99. The molecule has 0 aromatic heterocycles. The lowest BCUT2D eigenvalue weighted by Gasteiger charge is -2.42. The Balaban J connectivity index is 2.66. The van der Waals surface area contributed by atoms with Crippen LogP contribution in [0, 0.1) is 18.3 Å². The molecule has 2 heteroatoms. The van der Waals surface area contributed by atoms with Gasteiger partial charge in [-0.05, 0) is 38.5 Å². The Hall–Kier alpha value is -0.520. The molecule has 86 valence electrons. The largest absolute Gasteiger partial charge is 0.389 e. The van der Waals surface area contributed by atoms with E-state index in [4.69, 9.17) is 11.2 Å². The summed E-state index contributed by atoms with van der Waals surface area (Å²) in [6.07, 6.45) is 9.27. The summed E-state index contributed by atoms with van der Waals surface area (Å²) in [5.74, 6) is 3.28. The SMILES string of the molecule is C#CCC(O)C1(OCC)CCC(C)CC1. The van der Waals surface area contributed by atoms with Crippen LogP contribution in [0.5, 0.6) is 0 Å². The van der Waals surface area contributed by atoms with Gasteiger partial charge in [0, 0.05) is 13.0 Å². The second-order valence-corrected chi connectivity index (χ2v) is 4.60. The van der Waals surface area contributed by atoms with E-state index < -0.39 is 6.10 Å². The van der Waals surface area contributed by atoms with E-state index in [1.807, 2.05) is 6.92 Å². The maximum absolute atomic E-state index is 10.1. The smallest absolute Gasteiger partial charge is 0.0949 e. The van der Waals surface area contributed by atoms with Gasteiger partial charge in [0.1, 0.15) is 0 Å². The zero-order valence-corrected chi connectivity index (χ0v) is 9.83. The molecule has 1 aliphatic rings. The molecule has 1 rings (SSSR count). The molecule has 0 aromatic carbocycles. The van der Waals surface area contributed by atoms with Crippen LogP contribution in [0.1, 0.15) is 46.0 Å². The van der Waals surface area contributed by atoms with Crippen molar-refractivity contribution in [3.8, 4) is 12.3 Å². The predicted molar refractivity (Wildman–Crippen MR) is 61.4 cm³/mol. The van der Waals surface area contributed by atoms with Crippen LogP contribution >= 0.6 is 0 Å². The van der Waals surface area contributed by atoms with Crippen molar-refractivity contribution >= 4 is 0 Å². The molecule has 1 aliphatic carbocycles. The average Bonchev–Trinajstić information content (AvgIpc) is 2.22. The third kappa shape index (κ3) is 2.96. The molecule has 0 bridgehead atoms. The number of rotatable bonds is 4. The predicted octanol–water partition coefficient (Wildman–Crippen LogP) is 2.36. The highest BCUT2D eigenvalue weighted by Gasteiger charge is 2.40. The summed E-state index contributed by atoms with van der Waals surface area (Å²) in [6.45, 7) is 4.88. The van der Waals surface area contributed by atoms with E-state index in [1.54, 1.807) is 0 Å². The molecular weight excluding hydrogens is 188 g/mol. The monoisotopic (exact) mass is 210 g/mol. The van der Waals surface area contributed by atoms with Crippen LogP contribution in [0.25, 0.3) is 0 Å². The van der Waals surface area contributed by atoms with Gasteiger partial charge in [0.05, 0.1) is 11.7 Å². The van der Waals surface area contributed by atoms with Crippen molar-refractivity contribution in [2.24, 2.45) is 5.92 Å². The molecule has 1 atom stereocenters. The lowest BCUT2D eigenvalue weighted by molar-refractivity contribution is -0.142. The molecule has 0 saturated heterocycles. The Morgan fingerprint density at radius 3 is 2.60 bits per heavy atom. The van der Waals surface area contributed by atoms with E-state index in [0.29, 0.717) is 13.0 Å². The zero-order chi connectivity index (χ0) is 11.3. The summed E-state index contributed by atoms with van der Waals surface area (Å²) in [4.78, 5) is 0. The first-order chi connectivity index (χ1) is 7.14. The molecule has 1 N–H and O–H groups in total. The number of aliphatic hydroxyl groups excluding tert-OH is 1. The van der Waals surface area contributed by atoms with Crippen molar-refractivity contribution in [2.45, 2.75) is 57.7 Å². The van der Waals surface area contributed by atoms with Gasteiger partial charge in [-0.15, -0.1) is 12.3 Å². The lowest BCUT2D eigenvalue weighted by Crippen LogP contribution is -2.47. The first-order valence-electron chi connectivity index (χ1n) is 5.90. The topological polar surface area (TPSA) is 29.5 Å². The van der Waals surface area contributed by atoms with Crippen LogP contribution in [0.4, 0.5) is 0 Å².